The molecule has 1 N–H and O–H groups in total. The van der Waals surface area contributed by atoms with Crippen LogP contribution >= 0.6 is 11.6 Å². The first kappa shape index (κ1) is 23.4. The number of ether oxygens (including phenoxy) is 4. The maximum absolute atomic E-state index is 12.8. The highest BCUT2D eigenvalue weighted by atomic mass is 35.5. The second-order valence-corrected chi connectivity index (χ2v) is 8.76. The molecule has 1 aliphatic rings. The summed E-state index contributed by atoms with van der Waals surface area (Å²) in [6, 6.07) is 4.99. The monoisotopic (exact) mass is 489 g/mol. The van der Waals surface area contributed by atoms with E-state index in [1.165, 1.54) is 25.3 Å². The van der Waals surface area contributed by atoms with E-state index in [4.69, 9.17) is 25.8 Å². The van der Waals surface area contributed by atoms with Gasteiger partial charge in [-0.3, -0.25) is 10.2 Å². The summed E-state index contributed by atoms with van der Waals surface area (Å²) in [5.41, 5.74) is 0.913. The Morgan fingerprint density at radius 2 is 1.94 bits per heavy atom. The van der Waals surface area contributed by atoms with E-state index in [1.54, 1.807) is 43.7 Å². The van der Waals surface area contributed by atoms with Gasteiger partial charge in [0.2, 0.25) is 0 Å². The summed E-state index contributed by atoms with van der Waals surface area (Å²) in [4.78, 5) is 30.2. The maximum Gasteiger partial charge on any atom is 0.415 e. The van der Waals surface area contributed by atoms with E-state index in [0.29, 0.717) is 40.3 Å². The number of carbonyl (C=O) groups excluding carboxylic acids is 2. The molecule has 2 amide bonds. The van der Waals surface area contributed by atoms with Gasteiger partial charge in [-0.1, -0.05) is 11.6 Å². The van der Waals surface area contributed by atoms with Crippen LogP contribution in [0.2, 0.25) is 5.15 Å². The van der Waals surface area contributed by atoms with Crippen LogP contribution in [-0.2, 0) is 9.47 Å². The average molecular weight is 490 g/mol. The van der Waals surface area contributed by atoms with Crippen LogP contribution in [-0.4, -0.2) is 59.9 Å². The summed E-state index contributed by atoms with van der Waals surface area (Å²) in [5.74, 6) is 1.07. The van der Waals surface area contributed by atoms with E-state index in [1.807, 2.05) is 0 Å². The number of anilines is 2. The van der Waals surface area contributed by atoms with E-state index >= 15 is 0 Å². The van der Waals surface area contributed by atoms with Crippen molar-refractivity contribution >= 4 is 46.2 Å². The summed E-state index contributed by atoms with van der Waals surface area (Å²) in [6.07, 6.45) is 0.326. The van der Waals surface area contributed by atoms with Crippen molar-refractivity contribution in [3.05, 3.63) is 29.5 Å². The topological polar surface area (TPSA) is 117 Å². The highest BCUT2D eigenvalue weighted by Gasteiger charge is 2.30. The Morgan fingerprint density at radius 1 is 1.18 bits per heavy atom. The fraction of sp³-hybridized carbons (Fsp3) is 0.364. The summed E-state index contributed by atoms with van der Waals surface area (Å²) >= 11 is 6.14. The molecule has 3 aromatic rings. The quantitative estimate of drug-likeness (QED) is 0.538. The maximum atomic E-state index is 12.8. The highest BCUT2D eigenvalue weighted by Crippen LogP contribution is 2.41. The molecule has 0 radical (unpaired) electrons. The standard InChI is InChI=1S/C22H24ClN5O6/c1-22(2,3)34-21(30)27-6-7-33-17-9-15(16(31-4)8-14(17)27)28-13-10-18(23)24-11-12(13)19(26-28)25-20(29)32-5/h8-11H,6-7H2,1-5H3,(H,25,26,29). The number of halogens is 1. The number of hydrogen-bond acceptors (Lipinski definition) is 8. The molecule has 3 heterocycles. The lowest BCUT2D eigenvalue weighted by Gasteiger charge is -2.32. The van der Waals surface area contributed by atoms with Crippen LogP contribution in [0, 0.1) is 0 Å². The van der Waals surface area contributed by atoms with Crippen molar-refractivity contribution < 1.29 is 28.5 Å². The highest BCUT2D eigenvalue weighted by molar-refractivity contribution is 6.30. The Morgan fingerprint density at radius 3 is 2.62 bits per heavy atom. The Balaban J connectivity index is 1.84. The summed E-state index contributed by atoms with van der Waals surface area (Å²) < 4.78 is 23.3. The minimum Gasteiger partial charge on any atom is -0.494 e. The molecule has 4 rings (SSSR count). The van der Waals surface area contributed by atoms with Gasteiger partial charge in [-0.15, -0.1) is 5.10 Å². The summed E-state index contributed by atoms with van der Waals surface area (Å²) in [6.45, 7) is 6.02. The van der Waals surface area contributed by atoms with Gasteiger partial charge in [-0.25, -0.2) is 19.3 Å². The first-order valence-electron chi connectivity index (χ1n) is 10.4. The van der Waals surface area contributed by atoms with Crippen LogP contribution in [0.3, 0.4) is 0 Å². The molecular weight excluding hydrogens is 466 g/mol. The van der Waals surface area contributed by atoms with E-state index < -0.39 is 17.8 Å². The van der Waals surface area contributed by atoms with Crippen LogP contribution < -0.4 is 19.7 Å². The summed E-state index contributed by atoms with van der Waals surface area (Å²) in [7, 11) is 2.75. The molecule has 34 heavy (non-hydrogen) atoms. The predicted molar refractivity (Wildman–Crippen MR) is 126 cm³/mol. The number of hydrogen-bond donors (Lipinski definition) is 1. The Bertz CT molecular complexity index is 1270. The first-order chi connectivity index (χ1) is 16.1. The third-order valence-corrected chi connectivity index (χ3v) is 5.11. The van der Waals surface area contributed by atoms with Gasteiger partial charge >= 0.3 is 12.2 Å². The van der Waals surface area contributed by atoms with Crippen molar-refractivity contribution in [3.8, 4) is 17.2 Å². The van der Waals surface area contributed by atoms with Crippen LogP contribution in [0.1, 0.15) is 20.8 Å². The second kappa shape index (κ2) is 8.90. The first-order valence-corrected chi connectivity index (χ1v) is 10.7. The number of fused-ring (bicyclic) bond motifs is 2. The number of rotatable bonds is 3. The Labute approximate surface area is 200 Å². The van der Waals surface area contributed by atoms with Gasteiger partial charge < -0.3 is 18.9 Å². The fourth-order valence-electron chi connectivity index (χ4n) is 3.48. The largest absolute Gasteiger partial charge is 0.494 e. The molecule has 0 saturated heterocycles. The lowest BCUT2D eigenvalue weighted by Crippen LogP contribution is -2.41. The zero-order chi connectivity index (χ0) is 24.6. The zero-order valence-electron chi connectivity index (χ0n) is 19.3. The Kier molecular flexibility index (Phi) is 6.13. The van der Waals surface area contributed by atoms with Gasteiger partial charge in [0.15, 0.2) is 5.82 Å². The SMILES string of the molecule is COC(=O)Nc1nn(-c2cc3c(cc2OC)N(C(=O)OC(C)(C)C)CCO3)c2cc(Cl)ncc12. The molecule has 0 atom stereocenters. The van der Waals surface area contributed by atoms with Crippen molar-refractivity contribution in [2.75, 3.05) is 37.6 Å². The third kappa shape index (κ3) is 4.51. The normalized spacial score (nSPS) is 13.2. The molecule has 180 valence electrons. The van der Waals surface area contributed by atoms with Gasteiger partial charge in [-0.2, -0.15) is 0 Å². The van der Waals surface area contributed by atoms with Crippen molar-refractivity contribution in [1.29, 1.82) is 0 Å². The number of aromatic nitrogens is 3. The van der Waals surface area contributed by atoms with Crippen molar-refractivity contribution in [2.24, 2.45) is 0 Å². The molecule has 2 aromatic heterocycles. The molecule has 0 aliphatic carbocycles. The van der Waals surface area contributed by atoms with Gasteiger partial charge in [0.05, 0.1) is 37.4 Å². The third-order valence-electron chi connectivity index (χ3n) is 4.90. The molecule has 0 spiro atoms. The number of pyridine rings is 1. The zero-order valence-corrected chi connectivity index (χ0v) is 20.1. The van der Waals surface area contributed by atoms with Crippen LogP contribution in [0.25, 0.3) is 16.6 Å². The molecule has 1 aliphatic heterocycles. The molecule has 1 aromatic carbocycles. The van der Waals surface area contributed by atoms with Crippen LogP contribution in [0.5, 0.6) is 11.5 Å². The lowest BCUT2D eigenvalue weighted by molar-refractivity contribution is 0.0567. The number of methoxy groups -OCH3 is 2. The minimum atomic E-state index is -0.685. The van der Waals surface area contributed by atoms with Crippen molar-refractivity contribution in [3.63, 3.8) is 0 Å². The Hall–Kier alpha value is -3.73. The molecular formula is C22H24ClN5O6. The molecule has 0 bridgehead atoms. The van der Waals surface area contributed by atoms with Crippen LogP contribution in [0.4, 0.5) is 21.1 Å². The van der Waals surface area contributed by atoms with Gasteiger partial charge in [0, 0.05) is 24.4 Å². The van der Waals surface area contributed by atoms with Crippen LogP contribution in [0.15, 0.2) is 24.4 Å². The number of nitrogens with one attached hydrogen (secondary N) is 1. The van der Waals surface area contributed by atoms with E-state index in [0.717, 1.165) is 0 Å². The number of amides is 2. The van der Waals surface area contributed by atoms with Gasteiger partial charge in [0.25, 0.3) is 0 Å². The predicted octanol–water partition coefficient (Wildman–Crippen LogP) is 4.39. The number of nitrogens with zero attached hydrogens (tertiary/aromatic N) is 4. The number of carbonyl (C=O) groups is 2. The van der Waals surface area contributed by atoms with Crippen molar-refractivity contribution in [2.45, 2.75) is 26.4 Å². The molecule has 11 nitrogen and oxygen atoms in total. The summed E-state index contributed by atoms with van der Waals surface area (Å²) in [5, 5.41) is 7.86. The van der Waals surface area contributed by atoms with E-state index in [-0.39, 0.29) is 17.6 Å². The lowest BCUT2D eigenvalue weighted by atomic mass is 10.2. The van der Waals surface area contributed by atoms with E-state index in [2.05, 4.69) is 20.1 Å². The fourth-order valence-corrected chi connectivity index (χ4v) is 3.63. The molecule has 12 heteroatoms. The average Bonchev–Trinajstić information content (AvgIpc) is 3.13. The van der Waals surface area contributed by atoms with Crippen molar-refractivity contribution in [1.82, 2.24) is 14.8 Å². The smallest absolute Gasteiger partial charge is 0.415 e. The molecule has 0 fully saturated rings. The van der Waals surface area contributed by atoms with Gasteiger partial charge in [-0.05, 0) is 20.8 Å². The molecule has 0 saturated carbocycles. The minimum absolute atomic E-state index is 0.224. The van der Waals surface area contributed by atoms with E-state index in [9.17, 15) is 9.59 Å². The second-order valence-electron chi connectivity index (χ2n) is 8.37. The van der Waals surface area contributed by atoms with Gasteiger partial charge in [0.1, 0.15) is 34.5 Å². The molecule has 0 unspecified atom stereocenters. The number of benzene rings is 1.